The molecule has 2 rings (SSSR count). The predicted octanol–water partition coefficient (Wildman–Crippen LogP) is -1.83. The molecule has 0 saturated carbocycles. The molecule has 0 radical (unpaired) electrons. The van der Waals surface area contributed by atoms with Gasteiger partial charge in [-0.1, -0.05) is 28.1 Å². The zero-order valence-electron chi connectivity index (χ0n) is 15.1. The molecule has 8 nitrogen and oxygen atoms in total. The number of aliphatic carboxylic acids is 1. The van der Waals surface area contributed by atoms with Crippen LogP contribution in [0.4, 0.5) is 10.5 Å². The SMILES string of the molecule is Cc1cn(C)c(=O)c(NC(=O)NC(CC(=O)[O-])c2cccc(Br)c2)c1O.[Na+]. The van der Waals surface area contributed by atoms with Crippen molar-refractivity contribution in [1.82, 2.24) is 9.88 Å². The molecule has 1 aromatic carbocycles. The number of rotatable bonds is 5. The van der Waals surface area contributed by atoms with E-state index in [1.165, 1.54) is 17.8 Å². The number of anilines is 1. The van der Waals surface area contributed by atoms with E-state index in [9.17, 15) is 24.6 Å². The zero-order valence-corrected chi connectivity index (χ0v) is 18.7. The number of nitrogens with zero attached hydrogens (tertiary/aromatic N) is 1. The second kappa shape index (κ2) is 9.93. The number of aryl methyl sites for hydroxylation is 2. The number of carboxylic acid groups (broad SMARTS) is 1. The number of benzene rings is 1. The van der Waals surface area contributed by atoms with Crippen LogP contribution in [0.15, 0.2) is 39.7 Å². The Bertz CT molecular complexity index is 916. The molecule has 0 saturated heterocycles. The van der Waals surface area contributed by atoms with Crippen molar-refractivity contribution >= 4 is 33.6 Å². The molecule has 27 heavy (non-hydrogen) atoms. The Hall–Kier alpha value is -1.81. The Morgan fingerprint density at radius 2 is 2.04 bits per heavy atom. The molecule has 1 unspecified atom stereocenters. The molecule has 10 heteroatoms. The Morgan fingerprint density at radius 1 is 1.37 bits per heavy atom. The number of nitrogens with one attached hydrogen (secondary N) is 2. The minimum absolute atomic E-state index is 0. The number of pyridine rings is 1. The van der Waals surface area contributed by atoms with Gasteiger partial charge in [-0.25, -0.2) is 4.79 Å². The van der Waals surface area contributed by atoms with Crippen LogP contribution in [0.5, 0.6) is 5.75 Å². The number of urea groups is 1. The first kappa shape index (κ1) is 23.2. The van der Waals surface area contributed by atoms with Gasteiger partial charge in [-0.2, -0.15) is 0 Å². The maximum atomic E-state index is 12.3. The van der Waals surface area contributed by atoms with Crippen LogP contribution >= 0.6 is 15.9 Å². The van der Waals surface area contributed by atoms with E-state index < -0.39 is 30.0 Å². The maximum Gasteiger partial charge on any atom is 1.00 e. The number of aromatic hydroxyl groups is 1. The summed E-state index contributed by atoms with van der Waals surface area (Å²) in [5, 5.41) is 25.8. The van der Waals surface area contributed by atoms with E-state index >= 15 is 0 Å². The average Bonchev–Trinajstić information content (AvgIpc) is 2.56. The minimum Gasteiger partial charge on any atom is -0.550 e. The molecule has 2 aromatic rings. The fraction of sp³-hybridized carbons (Fsp3) is 0.235. The van der Waals surface area contributed by atoms with Gasteiger partial charge in [0.25, 0.3) is 5.56 Å². The van der Waals surface area contributed by atoms with Gasteiger partial charge < -0.3 is 30.2 Å². The molecule has 0 aliphatic heterocycles. The standard InChI is InChI=1S/C17H18BrN3O5.Na/c1-9-8-21(2)16(25)14(15(9)24)20-17(26)19-12(7-13(22)23)10-4-3-5-11(18)6-10;/h3-6,8,12,24H,7H2,1-2H3,(H,22,23)(H2,19,20,26);/q;+1/p-1. The monoisotopic (exact) mass is 445 g/mol. The molecular formula is C17H17BrN3NaO5. The van der Waals surface area contributed by atoms with Crippen LogP contribution in [0.1, 0.15) is 23.6 Å². The summed E-state index contributed by atoms with van der Waals surface area (Å²) in [5.74, 6) is -1.69. The smallest absolute Gasteiger partial charge is 0.550 e. The molecule has 0 spiro atoms. The predicted molar refractivity (Wildman–Crippen MR) is 96.7 cm³/mol. The van der Waals surface area contributed by atoms with E-state index in [0.717, 1.165) is 0 Å². The van der Waals surface area contributed by atoms with Gasteiger partial charge in [-0.05, 0) is 24.6 Å². The molecule has 3 N–H and O–H groups in total. The molecular weight excluding hydrogens is 429 g/mol. The zero-order chi connectivity index (χ0) is 19.4. The van der Waals surface area contributed by atoms with Crippen LogP contribution in [0, 0.1) is 6.92 Å². The number of amides is 2. The van der Waals surface area contributed by atoms with Crippen LogP contribution in [0.2, 0.25) is 0 Å². The number of hydrogen-bond acceptors (Lipinski definition) is 5. The molecule has 138 valence electrons. The van der Waals surface area contributed by atoms with E-state index in [-0.39, 0.29) is 41.0 Å². The topological polar surface area (TPSA) is 123 Å². The summed E-state index contributed by atoms with van der Waals surface area (Å²) in [5.41, 5.74) is 0.0642. The van der Waals surface area contributed by atoms with Crippen molar-refractivity contribution in [3.8, 4) is 5.75 Å². The first-order valence-electron chi connectivity index (χ1n) is 7.61. The van der Waals surface area contributed by atoms with Crippen molar-refractivity contribution < 1.29 is 49.4 Å². The van der Waals surface area contributed by atoms with Gasteiger partial charge in [-0.3, -0.25) is 4.79 Å². The van der Waals surface area contributed by atoms with Crippen molar-refractivity contribution in [1.29, 1.82) is 0 Å². The molecule has 1 aromatic heterocycles. The first-order valence-corrected chi connectivity index (χ1v) is 8.40. The number of carboxylic acids is 1. The summed E-state index contributed by atoms with van der Waals surface area (Å²) < 4.78 is 1.93. The van der Waals surface area contributed by atoms with Gasteiger partial charge in [0.05, 0.1) is 6.04 Å². The molecule has 0 bridgehead atoms. The summed E-state index contributed by atoms with van der Waals surface area (Å²) in [6.07, 6.45) is 0.975. The third-order valence-corrected chi connectivity index (χ3v) is 4.19. The van der Waals surface area contributed by atoms with Crippen molar-refractivity contribution in [3.63, 3.8) is 0 Å². The van der Waals surface area contributed by atoms with Gasteiger partial charge >= 0.3 is 35.6 Å². The molecule has 1 heterocycles. The number of hydrogen-bond donors (Lipinski definition) is 3. The average molecular weight is 446 g/mol. The molecule has 0 fully saturated rings. The maximum absolute atomic E-state index is 12.3. The van der Waals surface area contributed by atoms with E-state index in [4.69, 9.17) is 0 Å². The van der Waals surface area contributed by atoms with E-state index in [0.29, 0.717) is 15.6 Å². The van der Waals surface area contributed by atoms with E-state index in [1.54, 1.807) is 31.2 Å². The van der Waals surface area contributed by atoms with Crippen LogP contribution in [0.3, 0.4) is 0 Å². The van der Waals surface area contributed by atoms with Crippen LogP contribution < -0.4 is 50.9 Å². The summed E-state index contributed by atoms with van der Waals surface area (Å²) in [7, 11) is 1.48. The quantitative estimate of drug-likeness (QED) is 0.467. The van der Waals surface area contributed by atoms with Gasteiger partial charge in [0.2, 0.25) is 0 Å². The summed E-state index contributed by atoms with van der Waals surface area (Å²) in [6, 6.07) is 5.07. The minimum atomic E-state index is -1.34. The van der Waals surface area contributed by atoms with Gasteiger partial charge in [-0.15, -0.1) is 0 Å². The summed E-state index contributed by atoms with van der Waals surface area (Å²) in [4.78, 5) is 35.4. The second-order valence-corrected chi connectivity index (χ2v) is 6.65. The molecule has 0 aliphatic rings. The van der Waals surface area contributed by atoms with E-state index in [2.05, 4.69) is 26.6 Å². The second-order valence-electron chi connectivity index (χ2n) is 5.73. The first-order chi connectivity index (χ1) is 12.2. The van der Waals surface area contributed by atoms with Crippen molar-refractivity contribution in [3.05, 3.63) is 56.4 Å². The van der Waals surface area contributed by atoms with Gasteiger partial charge in [0.15, 0.2) is 5.69 Å². The van der Waals surface area contributed by atoms with Crippen LogP contribution in [-0.2, 0) is 11.8 Å². The number of carbonyl (C=O) groups excluding carboxylic acids is 2. The van der Waals surface area contributed by atoms with Gasteiger partial charge in [0.1, 0.15) is 5.75 Å². The Morgan fingerprint density at radius 3 is 2.63 bits per heavy atom. The number of carbonyl (C=O) groups is 2. The van der Waals surface area contributed by atoms with Crippen molar-refractivity contribution in [2.45, 2.75) is 19.4 Å². The van der Waals surface area contributed by atoms with Crippen LogP contribution in [-0.4, -0.2) is 21.7 Å². The Balaban J connectivity index is 0.00000364. The largest absolute Gasteiger partial charge is 1.00 e. The van der Waals surface area contributed by atoms with Crippen LogP contribution in [0.25, 0.3) is 0 Å². The number of halogens is 1. The number of aromatic nitrogens is 1. The normalized spacial score (nSPS) is 11.2. The molecule has 2 amide bonds. The van der Waals surface area contributed by atoms with E-state index in [1.807, 2.05) is 0 Å². The summed E-state index contributed by atoms with van der Waals surface area (Å²) in [6.45, 7) is 1.58. The third kappa shape index (κ3) is 6.10. The van der Waals surface area contributed by atoms with Crippen molar-refractivity contribution in [2.24, 2.45) is 7.05 Å². The molecule has 1 atom stereocenters. The fourth-order valence-corrected chi connectivity index (χ4v) is 2.86. The third-order valence-electron chi connectivity index (χ3n) is 3.70. The molecule has 0 aliphatic carbocycles. The van der Waals surface area contributed by atoms with Gasteiger partial charge in [0, 0.05) is 35.7 Å². The van der Waals surface area contributed by atoms with Crippen molar-refractivity contribution in [2.75, 3.05) is 5.32 Å². The Labute approximate surface area is 186 Å². The fourth-order valence-electron chi connectivity index (χ4n) is 2.45. The summed E-state index contributed by atoms with van der Waals surface area (Å²) >= 11 is 3.28. The Kier molecular flexibility index (Phi) is 8.55.